The molecule has 1 unspecified atom stereocenters. The van der Waals surface area contributed by atoms with Gasteiger partial charge in [0.2, 0.25) is 0 Å². The van der Waals surface area contributed by atoms with Gasteiger partial charge in [0.25, 0.3) is 0 Å². The van der Waals surface area contributed by atoms with E-state index in [1.165, 1.54) is 12.1 Å². The molecule has 0 aliphatic rings. The van der Waals surface area contributed by atoms with Crippen LogP contribution in [0.1, 0.15) is 6.92 Å². The van der Waals surface area contributed by atoms with Crippen LogP contribution in [0.2, 0.25) is 0 Å². The molecule has 0 heterocycles. The number of nitrogens with two attached hydrogens (primary N) is 1. The van der Waals surface area contributed by atoms with E-state index >= 15 is 0 Å². The molecule has 0 fully saturated rings. The topological polar surface area (TPSA) is 58.3 Å². The van der Waals surface area contributed by atoms with Crippen molar-refractivity contribution < 1.29 is 9.50 Å². The predicted octanol–water partition coefficient (Wildman–Crippen LogP) is 1.96. The lowest BCUT2D eigenvalue weighted by Gasteiger charge is -2.12. The fourth-order valence-electron chi connectivity index (χ4n) is 0.995. The van der Waals surface area contributed by atoms with Gasteiger partial charge in [-0.05, 0) is 35.0 Å². The Bertz CT molecular complexity index is 331. The van der Waals surface area contributed by atoms with E-state index in [4.69, 9.17) is 10.8 Å². The number of rotatable bonds is 3. The molecule has 4 N–H and O–H groups in total. The highest BCUT2D eigenvalue weighted by Gasteiger charge is 2.09. The number of hydrogen-bond acceptors (Lipinski definition) is 3. The van der Waals surface area contributed by atoms with E-state index in [1.54, 1.807) is 6.92 Å². The third kappa shape index (κ3) is 2.59. The van der Waals surface area contributed by atoms with Crippen LogP contribution in [0, 0.1) is 5.82 Å². The van der Waals surface area contributed by atoms with Crippen molar-refractivity contribution in [3.8, 4) is 0 Å². The molecule has 78 valence electrons. The zero-order valence-electron chi connectivity index (χ0n) is 7.72. The van der Waals surface area contributed by atoms with Crippen LogP contribution in [-0.4, -0.2) is 17.8 Å². The zero-order chi connectivity index (χ0) is 10.7. The fraction of sp³-hybridized carbons (Fsp3) is 0.333. The van der Waals surface area contributed by atoms with Gasteiger partial charge in [-0.2, -0.15) is 0 Å². The van der Waals surface area contributed by atoms with E-state index in [1.807, 2.05) is 0 Å². The third-order valence-corrected chi connectivity index (χ3v) is 2.48. The second kappa shape index (κ2) is 4.61. The van der Waals surface area contributed by atoms with Crippen molar-refractivity contribution in [3.63, 3.8) is 0 Å². The first-order valence-corrected chi connectivity index (χ1v) is 4.97. The van der Waals surface area contributed by atoms with Crippen molar-refractivity contribution in [2.75, 3.05) is 17.6 Å². The van der Waals surface area contributed by atoms with Crippen LogP contribution >= 0.6 is 15.9 Å². The van der Waals surface area contributed by atoms with Crippen LogP contribution in [0.25, 0.3) is 0 Å². The van der Waals surface area contributed by atoms with Gasteiger partial charge in [-0.1, -0.05) is 0 Å². The van der Waals surface area contributed by atoms with E-state index in [0.29, 0.717) is 17.9 Å². The molecule has 0 aromatic heterocycles. The molecule has 0 aliphatic carbocycles. The van der Waals surface area contributed by atoms with Crippen LogP contribution in [0.4, 0.5) is 15.8 Å². The highest BCUT2D eigenvalue weighted by molar-refractivity contribution is 9.10. The van der Waals surface area contributed by atoms with E-state index in [-0.39, 0.29) is 10.3 Å². The Kier molecular flexibility index (Phi) is 3.71. The molecule has 3 nitrogen and oxygen atoms in total. The van der Waals surface area contributed by atoms with Crippen LogP contribution < -0.4 is 11.1 Å². The van der Waals surface area contributed by atoms with E-state index in [0.717, 1.165) is 0 Å². The Hall–Kier alpha value is -0.810. The smallest absolute Gasteiger partial charge is 0.139 e. The van der Waals surface area contributed by atoms with Gasteiger partial charge in [0.1, 0.15) is 5.82 Å². The summed E-state index contributed by atoms with van der Waals surface area (Å²) in [4.78, 5) is 0. The molecule has 0 spiro atoms. The summed E-state index contributed by atoms with van der Waals surface area (Å²) in [6.45, 7) is 1.96. The van der Waals surface area contributed by atoms with Crippen molar-refractivity contribution in [2.24, 2.45) is 0 Å². The molecule has 1 atom stereocenters. The van der Waals surface area contributed by atoms with Gasteiger partial charge < -0.3 is 16.2 Å². The summed E-state index contributed by atoms with van der Waals surface area (Å²) in [7, 11) is 0. The second-order valence-corrected chi connectivity index (χ2v) is 3.85. The monoisotopic (exact) mass is 262 g/mol. The van der Waals surface area contributed by atoms with Crippen molar-refractivity contribution in [1.29, 1.82) is 0 Å². The molecule has 1 aromatic rings. The molecule has 0 amide bonds. The maximum atomic E-state index is 13.1. The zero-order valence-corrected chi connectivity index (χ0v) is 9.31. The maximum absolute atomic E-state index is 13.1. The van der Waals surface area contributed by atoms with Gasteiger partial charge in [0.15, 0.2) is 0 Å². The number of anilines is 2. The standard InChI is InChI=1S/C9H12BrFN2O/c1-5(14)4-13-9-7(12)3-2-6(11)8(9)10/h2-3,5,13-14H,4,12H2,1H3. The summed E-state index contributed by atoms with van der Waals surface area (Å²) in [5, 5.41) is 11.9. The lowest BCUT2D eigenvalue weighted by molar-refractivity contribution is 0.208. The van der Waals surface area contributed by atoms with Crippen molar-refractivity contribution in [3.05, 3.63) is 22.4 Å². The SMILES string of the molecule is CC(O)CNc1c(N)ccc(F)c1Br. The Labute approximate surface area is 90.2 Å². The number of nitrogen functional groups attached to an aromatic ring is 1. The maximum Gasteiger partial charge on any atom is 0.139 e. The molecule has 14 heavy (non-hydrogen) atoms. The molecule has 0 bridgehead atoms. The van der Waals surface area contributed by atoms with Crippen LogP contribution in [0.5, 0.6) is 0 Å². The number of nitrogens with one attached hydrogen (secondary N) is 1. The second-order valence-electron chi connectivity index (χ2n) is 3.06. The van der Waals surface area contributed by atoms with Crippen molar-refractivity contribution in [2.45, 2.75) is 13.0 Å². The summed E-state index contributed by atoms with van der Waals surface area (Å²) in [5.41, 5.74) is 6.56. The van der Waals surface area contributed by atoms with Gasteiger partial charge in [-0.15, -0.1) is 0 Å². The molecule has 0 saturated heterocycles. The highest BCUT2D eigenvalue weighted by atomic mass is 79.9. The average molecular weight is 263 g/mol. The number of hydrogen-bond donors (Lipinski definition) is 3. The average Bonchev–Trinajstić information content (AvgIpc) is 2.11. The minimum atomic E-state index is -0.510. The Morgan fingerprint density at radius 1 is 1.64 bits per heavy atom. The molecule has 5 heteroatoms. The largest absolute Gasteiger partial charge is 0.397 e. The number of halogens is 2. The van der Waals surface area contributed by atoms with Crippen LogP contribution in [0.3, 0.4) is 0 Å². The number of aliphatic hydroxyl groups excluding tert-OH is 1. The first-order valence-electron chi connectivity index (χ1n) is 4.17. The molecule has 1 aromatic carbocycles. The lowest BCUT2D eigenvalue weighted by Crippen LogP contribution is -2.16. The van der Waals surface area contributed by atoms with Gasteiger partial charge in [-0.25, -0.2) is 4.39 Å². The lowest BCUT2D eigenvalue weighted by atomic mass is 10.2. The quantitative estimate of drug-likeness (QED) is 0.730. The minimum absolute atomic E-state index is 0.290. The summed E-state index contributed by atoms with van der Waals surface area (Å²) < 4.78 is 13.4. The molecule has 0 aliphatic heterocycles. The van der Waals surface area contributed by atoms with Crippen molar-refractivity contribution >= 4 is 27.3 Å². The number of aliphatic hydroxyl groups is 1. The third-order valence-electron chi connectivity index (χ3n) is 1.70. The fourth-order valence-corrected chi connectivity index (χ4v) is 1.50. The highest BCUT2D eigenvalue weighted by Crippen LogP contribution is 2.30. The van der Waals surface area contributed by atoms with Crippen molar-refractivity contribution in [1.82, 2.24) is 0 Å². The van der Waals surface area contributed by atoms with Gasteiger partial charge in [0, 0.05) is 6.54 Å². The molecule has 0 saturated carbocycles. The van der Waals surface area contributed by atoms with E-state index in [9.17, 15) is 4.39 Å². The molecule has 0 radical (unpaired) electrons. The van der Waals surface area contributed by atoms with Crippen LogP contribution in [0.15, 0.2) is 16.6 Å². The van der Waals surface area contributed by atoms with E-state index in [2.05, 4.69) is 21.2 Å². The Morgan fingerprint density at radius 2 is 2.29 bits per heavy atom. The van der Waals surface area contributed by atoms with E-state index < -0.39 is 6.10 Å². The molecule has 1 rings (SSSR count). The summed E-state index contributed by atoms with van der Waals surface area (Å²) in [6, 6.07) is 2.76. The van der Waals surface area contributed by atoms with Gasteiger partial charge in [0.05, 0.1) is 22.0 Å². The first kappa shape index (κ1) is 11.3. The molecular weight excluding hydrogens is 251 g/mol. The number of benzene rings is 1. The molecular formula is C9H12BrFN2O. The summed E-state index contributed by atoms with van der Waals surface area (Å²) in [5.74, 6) is -0.382. The Morgan fingerprint density at radius 3 is 2.86 bits per heavy atom. The first-order chi connectivity index (χ1) is 6.52. The minimum Gasteiger partial charge on any atom is -0.397 e. The summed E-state index contributed by atoms with van der Waals surface area (Å²) in [6.07, 6.45) is -0.510. The predicted molar refractivity (Wildman–Crippen MR) is 58.7 cm³/mol. The summed E-state index contributed by atoms with van der Waals surface area (Å²) >= 11 is 3.08. The Balaban J connectivity index is 2.89. The normalized spacial score (nSPS) is 12.6. The van der Waals surface area contributed by atoms with Gasteiger partial charge in [-0.3, -0.25) is 0 Å². The van der Waals surface area contributed by atoms with Gasteiger partial charge >= 0.3 is 0 Å². The van der Waals surface area contributed by atoms with Crippen LogP contribution in [-0.2, 0) is 0 Å².